The van der Waals surface area contributed by atoms with Crippen LogP contribution < -0.4 is 0 Å². The first-order valence-electron chi connectivity index (χ1n) is 15.7. The molecule has 0 saturated heterocycles. The van der Waals surface area contributed by atoms with Gasteiger partial charge in [-0.05, 0) is 73.3 Å². The normalized spacial score (nSPS) is 27.0. The number of fused-ring (bicyclic) bond motifs is 4. The van der Waals surface area contributed by atoms with E-state index in [9.17, 15) is 50.0 Å². The van der Waals surface area contributed by atoms with Gasteiger partial charge in [0.25, 0.3) is 0 Å². The standard InChI is InChI=1S/2C16H18N2O6/c2*1-16(2)10-4-6-14(11(16)8-10)24-15(19)9-3-5-12(17(20)21)13(7-9)18(22)23/h2*3,5,7,10-11,14H,4,6,8H2,1-2H3/t2*10-,11-,14+/m00/s1. The van der Waals surface area contributed by atoms with Gasteiger partial charge in [-0.25, -0.2) is 9.59 Å². The van der Waals surface area contributed by atoms with Crippen molar-refractivity contribution in [2.75, 3.05) is 0 Å². The van der Waals surface area contributed by atoms with Crippen molar-refractivity contribution in [1.82, 2.24) is 0 Å². The highest BCUT2D eigenvalue weighted by atomic mass is 16.6. The number of nitro groups is 4. The third-order valence-electron chi connectivity index (χ3n) is 11.3. The van der Waals surface area contributed by atoms with Gasteiger partial charge in [0.2, 0.25) is 0 Å². The molecule has 6 saturated carbocycles. The summed E-state index contributed by atoms with van der Waals surface area (Å²) in [6, 6.07) is 6.17. The summed E-state index contributed by atoms with van der Waals surface area (Å²) < 4.78 is 11.1. The second-order valence-corrected chi connectivity index (χ2v) is 14.2. The summed E-state index contributed by atoms with van der Waals surface area (Å²) in [5.74, 6) is 0.593. The molecule has 2 aromatic carbocycles. The Morgan fingerprint density at radius 3 is 1.19 bits per heavy atom. The fraction of sp³-hybridized carbons (Fsp3) is 0.562. The molecule has 6 fully saturated rings. The van der Waals surface area contributed by atoms with E-state index < -0.39 is 54.4 Å². The van der Waals surface area contributed by atoms with E-state index in [2.05, 4.69) is 27.7 Å². The molecule has 6 atom stereocenters. The molecule has 0 aromatic heterocycles. The number of nitrogens with zero attached hydrogens (tertiary/aromatic N) is 4. The fourth-order valence-corrected chi connectivity index (χ4v) is 8.08. The van der Waals surface area contributed by atoms with Crippen molar-refractivity contribution in [3.8, 4) is 0 Å². The lowest BCUT2D eigenvalue weighted by atomic mass is 9.48. The second kappa shape index (κ2) is 12.5. The van der Waals surface area contributed by atoms with Crippen molar-refractivity contribution < 1.29 is 38.8 Å². The van der Waals surface area contributed by atoms with Crippen LogP contribution in [0.1, 0.15) is 86.9 Å². The number of nitro benzene ring substituents is 4. The Hall–Kier alpha value is -5.02. The average molecular weight is 669 g/mol. The van der Waals surface area contributed by atoms with Crippen LogP contribution >= 0.6 is 0 Å². The maximum atomic E-state index is 12.3. The van der Waals surface area contributed by atoms with Crippen molar-refractivity contribution in [2.45, 2.75) is 78.4 Å². The highest BCUT2D eigenvalue weighted by Gasteiger charge is 2.56. The molecule has 0 heterocycles. The predicted molar refractivity (Wildman–Crippen MR) is 167 cm³/mol. The molecular formula is C32H36N4O12. The van der Waals surface area contributed by atoms with E-state index in [0.29, 0.717) is 23.7 Å². The van der Waals surface area contributed by atoms with Gasteiger partial charge in [-0.3, -0.25) is 40.5 Å². The van der Waals surface area contributed by atoms with Gasteiger partial charge in [-0.15, -0.1) is 0 Å². The summed E-state index contributed by atoms with van der Waals surface area (Å²) in [7, 11) is 0. The summed E-state index contributed by atoms with van der Waals surface area (Å²) >= 11 is 0. The number of rotatable bonds is 8. The fourth-order valence-electron chi connectivity index (χ4n) is 8.08. The number of esters is 2. The van der Waals surface area contributed by atoms with Crippen molar-refractivity contribution in [1.29, 1.82) is 0 Å². The molecule has 16 heteroatoms. The zero-order valence-corrected chi connectivity index (χ0v) is 26.9. The molecule has 6 aliphatic rings. The van der Waals surface area contributed by atoms with E-state index in [0.717, 1.165) is 62.8 Å². The Morgan fingerprint density at radius 2 is 0.917 bits per heavy atom. The molecular weight excluding hydrogens is 632 g/mol. The lowest BCUT2D eigenvalue weighted by Gasteiger charge is -2.59. The first-order valence-corrected chi connectivity index (χ1v) is 15.7. The lowest BCUT2D eigenvalue weighted by molar-refractivity contribution is -0.422. The Morgan fingerprint density at radius 1 is 0.583 bits per heavy atom. The molecule has 256 valence electrons. The molecule has 0 radical (unpaired) electrons. The van der Waals surface area contributed by atoms with Gasteiger partial charge in [-0.1, -0.05) is 27.7 Å². The maximum absolute atomic E-state index is 12.3. The summed E-state index contributed by atoms with van der Waals surface area (Å²) in [5.41, 5.74) is -2.48. The van der Waals surface area contributed by atoms with E-state index in [4.69, 9.17) is 9.47 Å². The minimum absolute atomic E-state index is 0.0356. The molecule has 0 amide bonds. The molecule has 0 aliphatic heterocycles. The maximum Gasteiger partial charge on any atom is 0.346 e. The topological polar surface area (TPSA) is 225 Å². The summed E-state index contributed by atoms with van der Waals surface area (Å²) in [6.07, 6.45) is 5.25. The van der Waals surface area contributed by atoms with Crippen LogP contribution in [0.5, 0.6) is 0 Å². The Kier molecular flexibility index (Phi) is 8.97. The van der Waals surface area contributed by atoms with Crippen LogP contribution in [0.15, 0.2) is 36.4 Å². The molecule has 8 rings (SSSR count). The quantitative estimate of drug-likeness (QED) is 0.158. The van der Waals surface area contributed by atoms with Gasteiger partial charge in [0.1, 0.15) is 12.2 Å². The summed E-state index contributed by atoms with van der Waals surface area (Å²) in [5, 5.41) is 43.6. The molecule has 2 aromatic rings. The number of ether oxygens (including phenoxy) is 2. The van der Waals surface area contributed by atoms with E-state index in [1.807, 2.05) is 0 Å². The number of carbonyl (C=O) groups excluding carboxylic acids is 2. The first-order chi connectivity index (χ1) is 22.4. The van der Waals surface area contributed by atoms with Crippen molar-refractivity contribution >= 4 is 34.7 Å². The number of benzene rings is 2. The van der Waals surface area contributed by atoms with Crippen LogP contribution in [0.4, 0.5) is 22.7 Å². The van der Waals surface area contributed by atoms with Gasteiger partial charge < -0.3 is 9.47 Å². The molecule has 4 bridgehead atoms. The minimum atomic E-state index is -0.866. The zero-order valence-electron chi connectivity index (χ0n) is 26.9. The third kappa shape index (κ3) is 6.18. The third-order valence-corrected chi connectivity index (χ3v) is 11.3. The number of hydrogen-bond acceptors (Lipinski definition) is 12. The van der Waals surface area contributed by atoms with Gasteiger partial charge >= 0.3 is 34.7 Å². The Bertz CT molecular complexity index is 1580. The van der Waals surface area contributed by atoms with Crippen molar-refractivity contribution in [2.24, 2.45) is 34.5 Å². The molecule has 0 spiro atoms. The molecule has 6 aliphatic carbocycles. The number of hydrogen-bond donors (Lipinski definition) is 0. The van der Waals surface area contributed by atoms with Crippen LogP contribution in [0.2, 0.25) is 0 Å². The van der Waals surface area contributed by atoms with E-state index in [1.165, 1.54) is 12.1 Å². The smallest absolute Gasteiger partial charge is 0.346 e. The van der Waals surface area contributed by atoms with Crippen molar-refractivity contribution in [3.63, 3.8) is 0 Å². The average Bonchev–Trinajstić information content (AvgIpc) is 3.04. The first kappa shape index (κ1) is 34.3. The van der Waals surface area contributed by atoms with Gasteiger partial charge in [0.05, 0.1) is 30.8 Å². The molecule has 16 nitrogen and oxygen atoms in total. The van der Waals surface area contributed by atoms with E-state index in [-0.39, 0.29) is 34.2 Å². The molecule has 0 N–H and O–H groups in total. The highest BCUT2D eigenvalue weighted by Crippen LogP contribution is 2.60. The minimum Gasteiger partial charge on any atom is -0.458 e. The van der Waals surface area contributed by atoms with Crippen molar-refractivity contribution in [3.05, 3.63) is 88.0 Å². The predicted octanol–water partition coefficient (Wildman–Crippen LogP) is 6.97. The van der Waals surface area contributed by atoms with Crippen LogP contribution in [-0.2, 0) is 9.47 Å². The number of carbonyl (C=O) groups is 2. The van der Waals surface area contributed by atoms with E-state index >= 15 is 0 Å². The molecule has 0 unspecified atom stereocenters. The zero-order chi connectivity index (χ0) is 35.3. The van der Waals surface area contributed by atoms with Crippen LogP contribution in [-0.4, -0.2) is 43.8 Å². The second-order valence-electron chi connectivity index (χ2n) is 14.2. The lowest BCUT2D eigenvalue weighted by Crippen LogP contribution is -2.55. The summed E-state index contributed by atoms with van der Waals surface area (Å²) in [4.78, 5) is 64.9. The van der Waals surface area contributed by atoms with E-state index in [1.54, 1.807) is 0 Å². The highest BCUT2D eigenvalue weighted by molar-refractivity contribution is 5.91. The Balaban J connectivity index is 0.000000188. The van der Waals surface area contributed by atoms with Crippen LogP contribution in [0, 0.1) is 75.0 Å². The van der Waals surface area contributed by atoms with Crippen LogP contribution in [0.3, 0.4) is 0 Å². The van der Waals surface area contributed by atoms with Gasteiger partial charge in [0, 0.05) is 36.1 Å². The van der Waals surface area contributed by atoms with Gasteiger partial charge in [0.15, 0.2) is 0 Å². The van der Waals surface area contributed by atoms with Gasteiger partial charge in [-0.2, -0.15) is 0 Å². The largest absolute Gasteiger partial charge is 0.458 e. The monoisotopic (exact) mass is 668 g/mol. The molecule has 48 heavy (non-hydrogen) atoms. The Labute approximate surface area is 274 Å². The van der Waals surface area contributed by atoms with Crippen LogP contribution in [0.25, 0.3) is 0 Å². The SMILES string of the molecule is CC1(C)[C@H]2CC[C@@H](OC(=O)c3ccc([N+](=O)[O-])c([N+](=O)[O-])c3)[C@@H]1C2.CC1(C)[C@H]2CC[C@@H](OC(=O)c3ccc([N+](=O)[O-])c([N+](=O)[O-])c3)[C@@H]1C2. The summed E-state index contributed by atoms with van der Waals surface area (Å²) in [6.45, 7) is 8.68.